The summed E-state index contributed by atoms with van der Waals surface area (Å²) < 4.78 is 41.1. The summed E-state index contributed by atoms with van der Waals surface area (Å²) in [5.74, 6) is -2.90. The quantitative estimate of drug-likeness (QED) is 0.678. The summed E-state index contributed by atoms with van der Waals surface area (Å²) in [7, 11) is 0. The zero-order valence-electron chi connectivity index (χ0n) is 10.3. The first kappa shape index (κ1) is 13.2. The molecule has 0 aliphatic heterocycles. The Morgan fingerprint density at radius 3 is 2.63 bits per heavy atom. The summed E-state index contributed by atoms with van der Waals surface area (Å²) in [6.45, 7) is 5.83. The molecule has 0 spiro atoms. The zero-order valence-corrected chi connectivity index (χ0v) is 10.3. The van der Waals surface area contributed by atoms with Crippen molar-refractivity contribution in [2.45, 2.75) is 13.5 Å². The maximum absolute atomic E-state index is 13.5. The molecule has 19 heavy (non-hydrogen) atoms. The van der Waals surface area contributed by atoms with E-state index in [9.17, 15) is 13.2 Å². The molecule has 2 aromatic rings. The fourth-order valence-corrected chi connectivity index (χ4v) is 1.66. The largest absolute Gasteiger partial charge is 0.323 e. The molecule has 0 saturated carbocycles. The summed E-state index contributed by atoms with van der Waals surface area (Å²) in [5.41, 5.74) is 0.544. The standard InChI is InChI=1S/C13H12F3N3/c1-3-4-19-7-8(2)17-13(19)18-12-6-10(15)9(14)5-11(12)16/h3,5-7H,1,4H2,2H3,(H,17,18). The molecule has 1 aromatic heterocycles. The monoisotopic (exact) mass is 267 g/mol. The second-order valence-electron chi connectivity index (χ2n) is 4.02. The fraction of sp³-hybridized carbons (Fsp3) is 0.154. The van der Waals surface area contributed by atoms with E-state index >= 15 is 0 Å². The molecule has 3 nitrogen and oxygen atoms in total. The highest BCUT2D eigenvalue weighted by molar-refractivity contribution is 5.55. The third kappa shape index (κ3) is 2.78. The highest BCUT2D eigenvalue weighted by Crippen LogP contribution is 2.22. The number of aromatic nitrogens is 2. The lowest BCUT2D eigenvalue weighted by Gasteiger charge is -2.09. The van der Waals surface area contributed by atoms with Crippen LogP contribution in [-0.2, 0) is 6.54 Å². The van der Waals surface area contributed by atoms with Gasteiger partial charge in [-0.15, -0.1) is 6.58 Å². The summed E-state index contributed by atoms with van der Waals surface area (Å²) in [6.07, 6.45) is 3.38. The van der Waals surface area contributed by atoms with Gasteiger partial charge in [0.1, 0.15) is 5.82 Å². The van der Waals surface area contributed by atoms with E-state index in [0.717, 1.165) is 6.07 Å². The van der Waals surface area contributed by atoms with Crippen molar-refractivity contribution >= 4 is 11.6 Å². The van der Waals surface area contributed by atoms with Crippen molar-refractivity contribution in [3.63, 3.8) is 0 Å². The van der Waals surface area contributed by atoms with Gasteiger partial charge in [-0.25, -0.2) is 18.2 Å². The number of anilines is 2. The smallest absolute Gasteiger partial charge is 0.207 e. The predicted molar refractivity (Wildman–Crippen MR) is 66.8 cm³/mol. The molecule has 1 heterocycles. The third-order valence-corrected chi connectivity index (χ3v) is 2.48. The van der Waals surface area contributed by atoms with E-state index in [2.05, 4.69) is 16.9 Å². The van der Waals surface area contributed by atoms with Crippen LogP contribution < -0.4 is 5.32 Å². The average Bonchev–Trinajstić information content (AvgIpc) is 2.67. The van der Waals surface area contributed by atoms with E-state index in [4.69, 9.17) is 0 Å². The average molecular weight is 267 g/mol. The lowest BCUT2D eigenvalue weighted by atomic mass is 10.3. The van der Waals surface area contributed by atoms with Gasteiger partial charge in [-0.05, 0) is 6.92 Å². The first-order valence-electron chi connectivity index (χ1n) is 5.57. The molecular formula is C13H12F3N3. The molecule has 1 N–H and O–H groups in total. The second kappa shape index (κ2) is 5.17. The van der Waals surface area contributed by atoms with Crippen molar-refractivity contribution in [1.82, 2.24) is 9.55 Å². The van der Waals surface area contributed by atoms with Crippen molar-refractivity contribution in [2.24, 2.45) is 0 Å². The second-order valence-corrected chi connectivity index (χ2v) is 4.02. The van der Waals surface area contributed by atoms with E-state index in [1.807, 2.05) is 0 Å². The number of hydrogen-bond donors (Lipinski definition) is 1. The van der Waals surface area contributed by atoms with Gasteiger partial charge in [0.05, 0.1) is 11.4 Å². The van der Waals surface area contributed by atoms with Gasteiger partial charge in [-0.2, -0.15) is 0 Å². The van der Waals surface area contributed by atoms with Gasteiger partial charge in [0.15, 0.2) is 11.6 Å². The zero-order chi connectivity index (χ0) is 14.0. The van der Waals surface area contributed by atoms with Crippen LogP contribution in [0.15, 0.2) is 31.0 Å². The molecule has 6 heteroatoms. The van der Waals surface area contributed by atoms with E-state index in [-0.39, 0.29) is 5.69 Å². The molecule has 100 valence electrons. The molecule has 0 bridgehead atoms. The number of allylic oxidation sites excluding steroid dienone is 1. The van der Waals surface area contributed by atoms with Crippen LogP contribution in [0.4, 0.5) is 24.8 Å². The summed E-state index contributed by atoms with van der Waals surface area (Å²) in [6, 6.07) is 1.25. The van der Waals surface area contributed by atoms with Crippen molar-refractivity contribution < 1.29 is 13.2 Å². The van der Waals surface area contributed by atoms with Crippen LogP contribution in [0.3, 0.4) is 0 Å². The Morgan fingerprint density at radius 2 is 1.95 bits per heavy atom. The van der Waals surface area contributed by atoms with Gasteiger partial charge in [-0.3, -0.25) is 0 Å². The molecule has 0 aliphatic carbocycles. The Kier molecular flexibility index (Phi) is 3.59. The number of benzene rings is 1. The number of rotatable bonds is 4. The fourth-order valence-electron chi connectivity index (χ4n) is 1.66. The summed E-state index contributed by atoms with van der Waals surface area (Å²) >= 11 is 0. The molecule has 0 atom stereocenters. The van der Waals surface area contributed by atoms with Gasteiger partial charge in [0.25, 0.3) is 0 Å². The number of nitrogens with one attached hydrogen (secondary N) is 1. The van der Waals surface area contributed by atoms with Crippen LogP contribution in [0, 0.1) is 24.4 Å². The lowest BCUT2D eigenvalue weighted by molar-refractivity contribution is 0.496. The maximum Gasteiger partial charge on any atom is 0.207 e. The summed E-state index contributed by atoms with van der Waals surface area (Å²) in [4.78, 5) is 4.14. The van der Waals surface area contributed by atoms with E-state index in [0.29, 0.717) is 24.3 Å². The van der Waals surface area contributed by atoms with Crippen LogP contribution in [-0.4, -0.2) is 9.55 Å². The number of hydrogen-bond acceptors (Lipinski definition) is 2. The van der Waals surface area contributed by atoms with Crippen molar-refractivity contribution in [1.29, 1.82) is 0 Å². The van der Waals surface area contributed by atoms with Gasteiger partial charge >= 0.3 is 0 Å². The molecule has 0 amide bonds. The van der Waals surface area contributed by atoms with Gasteiger partial charge in [-0.1, -0.05) is 6.08 Å². The first-order valence-corrected chi connectivity index (χ1v) is 5.57. The third-order valence-electron chi connectivity index (χ3n) is 2.48. The summed E-state index contributed by atoms with van der Waals surface area (Å²) in [5, 5.41) is 2.64. The Labute approximate surface area is 108 Å². The number of imidazole rings is 1. The van der Waals surface area contributed by atoms with Crippen molar-refractivity contribution in [3.05, 3.63) is 54.1 Å². The van der Waals surface area contributed by atoms with Crippen LogP contribution in [0.2, 0.25) is 0 Å². The highest BCUT2D eigenvalue weighted by Gasteiger charge is 2.12. The minimum Gasteiger partial charge on any atom is -0.323 e. The molecular weight excluding hydrogens is 255 g/mol. The van der Waals surface area contributed by atoms with E-state index in [1.165, 1.54) is 0 Å². The Morgan fingerprint density at radius 1 is 1.26 bits per heavy atom. The minimum absolute atomic E-state index is 0.171. The normalized spacial score (nSPS) is 10.5. The van der Waals surface area contributed by atoms with Crippen LogP contribution in [0.25, 0.3) is 0 Å². The highest BCUT2D eigenvalue weighted by atomic mass is 19.2. The van der Waals surface area contributed by atoms with Gasteiger partial charge in [0.2, 0.25) is 5.95 Å². The van der Waals surface area contributed by atoms with E-state index in [1.54, 1.807) is 23.8 Å². The molecule has 0 fully saturated rings. The van der Waals surface area contributed by atoms with Gasteiger partial charge in [0, 0.05) is 24.9 Å². The van der Waals surface area contributed by atoms with Crippen LogP contribution >= 0.6 is 0 Å². The van der Waals surface area contributed by atoms with Crippen molar-refractivity contribution in [3.8, 4) is 0 Å². The minimum atomic E-state index is -1.23. The predicted octanol–water partition coefficient (Wildman–Crippen LogP) is 3.54. The molecule has 0 radical (unpaired) electrons. The molecule has 0 unspecified atom stereocenters. The SMILES string of the molecule is C=CCn1cc(C)nc1Nc1cc(F)c(F)cc1F. The Hall–Kier alpha value is -2.24. The number of halogens is 3. The maximum atomic E-state index is 13.5. The van der Waals surface area contributed by atoms with Crippen LogP contribution in [0.5, 0.6) is 0 Å². The lowest BCUT2D eigenvalue weighted by Crippen LogP contribution is -2.04. The molecule has 2 rings (SSSR count). The van der Waals surface area contributed by atoms with E-state index < -0.39 is 17.5 Å². The Bertz CT molecular complexity index is 620. The number of nitrogens with zero attached hydrogens (tertiary/aromatic N) is 2. The van der Waals surface area contributed by atoms with Crippen molar-refractivity contribution in [2.75, 3.05) is 5.32 Å². The number of aryl methyl sites for hydroxylation is 1. The molecule has 0 aliphatic rings. The van der Waals surface area contributed by atoms with Crippen LogP contribution in [0.1, 0.15) is 5.69 Å². The topological polar surface area (TPSA) is 29.9 Å². The first-order chi connectivity index (χ1) is 9.01. The van der Waals surface area contributed by atoms with Gasteiger partial charge < -0.3 is 9.88 Å². The molecule has 1 aromatic carbocycles. The molecule has 0 saturated heterocycles. The Balaban J connectivity index is 2.35.